The molecule has 1 heterocycles. The number of hydrogen-bond donors (Lipinski definition) is 1. The van der Waals surface area contributed by atoms with Crippen molar-refractivity contribution in [3.8, 4) is 11.8 Å². The van der Waals surface area contributed by atoms with Gasteiger partial charge in [-0.2, -0.15) is 0 Å². The van der Waals surface area contributed by atoms with E-state index < -0.39 is 0 Å². The first-order valence-corrected chi connectivity index (χ1v) is 7.09. The largest absolute Gasteiger partial charge is 0.384 e. The molecule has 4 heteroatoms. The molecule has 1 aromatic rings. The molecule has 0 aromatic carbocycles. The fourth-order valence-electron chi connectivity index (χ4n) is 2.06. The van der Waals surface area contributed by atoms with Crippen molar-refractivity contribution < 1.29 is 9.90 Å². The third-order valence-electron chi connectivity index (χ3n) is 3.25. The van der Waals surface area contributed by atoms with Gasteiger partial charge in [-0.05, 0) is 37.3 Å². The smallest absolute Gasteiger partial charge is 0.272 e. The van der Waals surface area contributed by atoms with Crippen molar-refractivity contribution in [3.63, 3.8) is 0 Å². The van der Waals surface area contributed by atoms with Crippen molar-refractivity contribution in [1.29, 1.82) is 0 Å². The quantitative estimate of drug-likeness (QED) is 0.830. The Hall–Kier alpha value is -1.86. The van der Waals surface area contributed by atoms with Gasteiger partial charge in [0.25, 0.3) is 5.91 Å². The van der Waals surface area contributed by atoms with E-state index in [0.717, 1.165) is 19.5 Å². The van der Waals surface area contributed by atoms with Crippen molar-refractivity contribution in [2.45, 2.75) is 26.2 Å². The van der Waals surface area contributed by atoms with E-state index >= 15 is 0 Å². The topological polar surface area (TPSA) is 53.4 Å². The van der Waals surface area contributed by atoms with Crippen LogP contribution in [0.25, 0.3) is 0 Å². The molecule has 4 nitrogen and oxygen atoms in total. The van der Waals surface area contributed by atoms with Crippen molar-refractivity contribution in [1.82, 2.24) is 9.88 Å². The molecule has 2 rings (SSSR count). The summed E-state index contributed by atoms with van der Waals surface area (Å²) < 4.78 is 0. The van der Waals surface area contributed by atoms with Crippen molar-refractivity contribution >= 4 is 5.91 Å². The zero-order chi connectivity index (χ0) is 14.4. The number of carbonyl (C=O) groups excluding carboxylic acids is 1. The molecule has 20 heavy (non-hydrogen) atoms. The van der Waals surface area contributed by atoms with Crippen LogP contribution in [0.4, 0.5) is 0 Å². The Morgan fingerprint density at radius 1 is 1.50 bits per heavy atom. The maximum absolute atomic E-state index is 12.4. The number of aliphatic hydroxyl groups excluding tert-OH is 1. The first-order valence-electron chi connectivity index (χ1n) is 7.09. The van der Waals surface area contributed by atoms with E-state index in [9.17, 15) is 4.79 Å². The molecule has 0 atom stereocenters. The predicted octanol–water partition coefficient (Wildman–Crippen LogP) is 1.69. The molecule has 0 unspecified atom stereocenters. The van der Waals surface area contributed by atoms with Crippen LogP contribution in [0, 0.1) is 17.8 Å². The van der Waals surface area contributed by atoms with E-state index in [1.165, 1.54) is 12.8 Å². The van der Waals surface area contributed by atoms with Crippen LogP contribution in [0.15, 0.2) is 18.3 Å². The monoisotopic (exact) mass is 272 g/mol. The fraction of sp³-hybridized carbons (Fsp3) is 0.500. The lowest BCUT2D eigenvalue weighted by Crippen LogP contribution is -2.34. The summed E-state index contributed by atoms with van der Waals surface area (Å²) in [7, 11) is 0. The van der Waals surface area contributed by atoms with Crippen molar-refractivity contribution in [2.75, 3.05) is 19.7 Å². The van der Waals surface area contributed by atoms with Crippen LogP contribution in [0.1, 0.15) is 42.2 Å². The Bertz CT molecular complexity index is 510. The minimum atomic E-state index is -0.174. The van der Waals surface area contributed by atoms with E-state index in [1.54, 1.807) is 18.3 Å². The summed E-state index contributed by atoms with van der Waals surface area (Å²) in [5, 5.41) is 8.64. The standard InChI is InChI=1S/C16H20N2O2/c1-2-9-18(12-14-5-6-14)16(20)15-8-7-13(11-17-15)4-3-10-19/h7-8,11,14,19H,2,5-6,9-10,12H2,1H3. The number of hydrogen-bond acceptors (Lipinski definition) is 3. The Balaban J connectivity index is 2.05. The summed E-state index contributed by atoms with van der Waals surface area (Å²) in [5.74, 6) is 6.01. The third-order valence-corrected chi connectivity index (χ3v) is 3.25. The number of pyridine rings is 1. The van der Waals surface area contributed by atoms with Gasteiger partial charge in [0.2, 0.25) is 0 Å². The van der Waals surface area contributed by atoms with Gasteiger partial charge in [0.15, 0.2) is 0 Å². The zero-order valence-electron chi connectivity index (χ0n) is 11.8. The summed E-state index contributed by atoms with van der Waals surface area (Å²) in [6.45, 7) is 3.53. The zero-order valence-corrected chi connectivity index (χ0v) is 11.8. The normalized spacial score (nSPS) is 13.5. The molecule has 0 bridgehead atoms. The number of aliphatic hydroxyl groups is 1. The van der Waals surface area contributed by atoms with Gasteiger partial charge in [-0.25, -0.2) is 4.98 Å². The van der Waals surface area contributed by atoms with Crippen LogP contribution in [0.2, 0.25) is 0 Å². The van der Waals surface area contributed by atoms with Crippen LogP contribution in [0.5, 0.6) is 0 Å². The van der Waals surface area contributed by atoms with Gasteiger partial charge in [0.1, 0.15) is 12.3 Å². The third kappa shape index (κ3) is 4.07. The second-order valence-corrected chi connectivity index (χ2v) is 5.09. The second-order valence-electron chi connectivity index (χ2n) is 5.09. The first-order chi connectivity index (χ1) is 9.74. The summed E-state index contributed by atoms with van der Waals surface area (Å²) in [6.07, 6.45) is 5.00. The molecule has 0 spiro atoms. The average Bonchev–Trinajstić information content (AvgIpc) is 3.28. The number of nitrogens with zero attached hydrogens (tertiary/aromatic N) is 2. The molecule has 1 aliphatic carbocycles. The van der Waals surface area contributed by atoms with Gasteiger partial charge in [0, 0.05) is 24.8 Å². The van der Waals surface area contributed by atoms with E-state index in [1.807, 2.05) is 4.90 Å². The Morgan fingerprint density at radius 3 is 2.85 bits per heavy atom. The number of carbonyl (C=O) groups is 1. The van der Waals surface area contributed by atoms with Crippen LogP contribution >= 0.6 is 0 Å². The Morgan fingerprint density at radius 2 is 2.30 bits per heavy atom. The minimum Gasteiger partial charge on any atom is -0.384 e. The summed E-state index contributed by atoms with van der Waals surface area (Å²) in [5.41, 5.74) is 1.17. The highest BCUT2D eigenvalue weighted by Crippen LogP contribution is 2.30. The van der Waals surface area contributed by atoms with Crippen LogP contribution in [-0.4, -0.2) is 40.6 Å². The molecule has 0 aliphatic heterocycles. The van der Waals surface area contributed by atoms with Crippen LogP contribution in [-0.2, 0) is 0 Å². The molecule has 1 amide bonds. The van der Waals surface area contributed by atoms with E-state index in [2.05, 4.69) is 23.7 Å². The number of amides is 1. The van der Waals surface area contributed by atoms with E-state index in [0.29, 0.717) is 17.2 Å². The fourth-order valence-corrected chi connectivity index (χ4v) is 2.06. The predicted molar refractivity (Wildman–Crippen MR) is 77.1 cm³/mol. The molecule has 1 N–H and O–H groups in total. The lowest BCUT2D eigenvalue weighted by Gasteiger charge is -2.21. The Labute approximate surface area is 119 Å². The molecule has 106 valence electrons. The van der Waals surface area contributed by atoms with Crippen molar-refractivity contribution in [3.05, 3.63) is 29.6 Å². The van der Waals surface area contributed by atoms with Gasteiger partial charge in [0.05, 0.1) is 0 Å². The lowest BCUT2D eigenvalue weighted by atomic mass is 10.2. The van der Waals surface area contributed by atoms with Crippen LogP contribution < -0.4 is 0 Å². The van der Waals surface area contributed by atoms with Gasteiger partial charge in [-0.3, -0.25) is 4.79 Å². The summed E-state index contributed by atoms with van der Waals surface area (Å²) >= 11 is 0. The van der Waals surface area contributed by atoms with Gasteiger partial charge in [-0.15, -0.1) is 0 Å². The van der Waals surface area contributed by atoms with Gasteiger partial charge >= 0.3 is 0 Å². The van der Waals surface area contributed by atoms with E-state index in [-0.39, 0.29) is 12.5 Å². The molecule has 0 radical (unpaired) electrons. The highest BCUT2D eigenvalue weighted by molar-refractivity contribution is 5.92. The summed E-state index contributed by atoms with van der Waals surface area (Å²) in [4.78, 5) is 18.5. The molecule has 0 saturated heterocycles. The SMILES string of the molecule is CCCN(CC1CC1)C(=O)c1ccc(C#CCO)cn1. The molecular weight excluding hydrogens is 252 g/mol. The molecule has 1 saturated carbocycles. The highest BCUT2D eigenvalue weighted by Gasteiger charge is 2.27. The lowest BCUT2D eigenvalue weighted by molar-refractivity contribution is 0.0742. The number of rotatable bonds is 5. The Kier molecular flexibility index (Phi) is 5.14. The van der Waals surface area contributed by atoms with E-state index in [4.69, 9.17) is 5.11 Å². The molecule has 1 aliphatic rings. The first kappa shape index (κ1) is 14.5. The highest BCUT2D eigenvalue weighted by atomic mass is 16.2. The second kappa shape index (κ2) is 7.06. The molecule has 1 aromatic heterocycles. The average molecular weight is 272 g/mol. The maximum Gasteiger partial charge on any atom is 0.272 e. The minimum absolute atomic E-state index is 0.000386. The van der Waals surface area contributed by atoms with Gasteiger partial charge < -0.3 is 10.0 Å². The molecule has 1 fully saturated rings. The number of aromatic nitrogens is 1. The maximum atomic E-state index is 12.4. The van der Waals surface area contributed by atoms with Crippen molar-refractivity contribution in [2.24, 2.45) is 5.92 Å². The molecular formula is C16H20N2O2. The van der Waals surface area contributed by atoms with Crippen LogP contribution in [0.3, 0.4) is 0 Å². The van der Waals surface area contributed by atoms with Gasteiger partial charge in [-0.1, -0.05) is 18.8 Å². The summed E-state index contributed by atoms with van der Waals surface area (Å²) in [6, 6.07) is 3.48.